The summed E-state index contributed by atoms with van der Waals surface area (Å²) in [6.07, 6.45) is 1.08. The van der Waals surface area contributed by atoms with Crippen LogP contribution in [0.5, 0.6) is 5.75 Å². The van der Waals surface area contributed by atoms with E-state index >= 15 is 0 Å². The van der Waals surface area contributed by atoms with Crippen molar-refractivity contribution in [1.82, 2.24) is 19.7 Å². The Morgan fingerprint density at radius 1 is 1.19 bits per heavy atom. The Morgan fingerprint density at radius 2 is 1.97 bits per heavy atom. The number of nitrogens with one attached hydrogen (secondary N) is 1. The van der Waals surface area contributed by atoms with Gasteiger partial charge in [-0.05, 0) is 31.0 Å². The molecule has 2 aromatic rings. The van der Waals surface area contributed by atoms with E-state index in [1.807, 2.05) is 6.07 Å². The number of aromatic nitrogens is 1. The van der Waals surface area contributed by atoms with Crippen LogP contribution in [-0.2, 0) is 27.8 Å². The molecule has 0 atom stereocenters. The first-order valence-electron chi connectivity index (χ1n) is 10.5. The molecule has 1 aromatic carbocycles. The van der Waals surface area contributed by atoms with Gasteiger partial charge in [-0.25, -0.2) is 13.1 Å². The van der Waals surface area contributed by atoms with Crippen LogP contribution in [0.2, 0.25) is 0 Å². The van der Waals surface area contributed by atoms with Gasteiger partial charge in [-0.1, -0.05) is 17.3 Å². The summed E-state index contributed by atoms with van der Waals surface area (Å²) in [6.45, 7) is 7.66. The maximum Gasteiger partial charge on any atom is 0.245 e. The van der Waals surface area contributed by atoms with Crippen LogP contribution in [0.4, 0.5) is 0 Å². The van der Waals surface area contributed by atoms with Gasteiger partial charge in [0.15, 0.2) is 5.76 Å². The van der Waals surface area contributed by atoms with E-state index in [1.165, 1.54) is 11.1 Å². The van der Waals surface area contributed by atoms with E-state index in [1.54, 1.807) is 18.7 Å². The second-order valence-corrected chi connectivity index (χ2v) is 9.70. The summed E-state index contributed by atoms with van der Waals surface area (Å²) in [5.41, 5.74) is 2.84. The maximum absolute atomic E-state index is 12.5. The monoisotopic (exact) mass is 448 g/mol. The molecule has 1 saturated heterocycles. The molecule has 31 heavy (non-hydrogen) atoms. The molecule has 1 N–H and O–H groups in total. The largest absolute Gasteiger partial charge is 0.493 e. The first-order chi connectivity index (χ1) is 14.8. The molecule has 4 rings (SSSR count). The molecule has 1 fully saturated rings. The number of rotatable bonds is 7. The van der Waals surface area contributed by atoms with E-state index in [4.69, 9.17) is 9.26 Å². The van der Waals surface area contributed by atoms with Crippen LogP contribution in [0.3, 0.4) is 0 Å². The lowest BCUT2D eigenvalue weighted by Gasteiger charge is -2.35. The predicted octanol–water partition coefficient (Wildman–Crippen LogP) is 1.24. The lowest BCUT2D eigenvalue weighted by atomic mass is 10.1. The van der Waals surface area contributed by atoms with E-state index in [-0.39, 0.29) is 29.5 Å². The summed E-state index contributed by atoms with van der Waals surface area (Å²) in [7, 11) is -3.75. The molecule has 1 amide bonds. The summed E-state index contributed by atoms with van der Waals surface area (Å²) in [5, 5.41) is 3.67. The van der Waals surface area contributed by atoms with Gasteiger partial charge in [-0.15, -0.1) is 0 Å². The van der Waals surface area contributed by atoms with Gasteiger partial charge >= 0.3 is 0 Å². The third-order valence-corrected chi connectivity index (χ3v) is 7.46. The SMILES string of the molecule is Cc1noc(C)c1S(=O)(=O)NCCC(=O)N1CCN(Cc2ccc3c(c2)CCO3)CC1. The van der Waals surface area contributed by atoms with Gasteiger partial charge in [0.2, 0.25) is 15.9 Å². The number of ether oxygens (including phenoxy) is 1. The van der Waals surface area contributed by atoms with E-state index in [0.717, 1.165) is 38.4 Å². The molecular formula is C21H28N4O5S. The standard InChI is InChI=1S/C21H28N4O5S/c1-15-21(16(2)30-23-15)31(27,28)22-7-5-20(26)25-10-8-24(9-11-25)14-17-3-4-19-18(13-17)6-12-29-19/h3-4,13,22H,5-12,14H2,1-2H3. The van der Waals surface area contributed by atoms with E-state index in [2.05, 4.69) is 26.9 Å². The average Bonchev–Trinajstić information content (AvgIpc) is 3.34. The van der Waals surface area contributed by atoms with Crippen LogP contribution < -0.4 is 9.46 Å². The summed E-state index contributed by atoms with van der Waals surface area (Å²) >= 11 is 0. The molecule has 168 valence electrons. The highest BCUT2D eigenvalue weighted by Gasteiger charge is 2.25. The number of benzene rings is 1. The quantitative estimate of drug-likeness (QED) is 0.679. The number of carbonyl (C=O) groups is 1. The van der Waals surface area contributed by atoms with E-state index in [9.17, 15) is 13.2 Å². The highest BCUT2D eigenvalue weighted by molar-refractivity contribution is 7.89. The molecule has 0 saturated carbocycles. The Morgan fingerprint density at radius 3 is 2.68 bits per heavy atom. The zero-order valence-electron chi connectivity index (χ0n) is 17.9. The van der Waals surface area contributed by atoms with Crippen molar-refractivity contribution in [1.29, 1.82) is 0 Å². The molecule has 0 aliphatic carbocycles. The molecule has 3 heterocycles. The van der Waals surface area contributed by atoms with Crippen LogP contribution in [0.15, 0.2) is 27.6 Å². The van der Waals surface area contributed by atoms with Gasteiger partial charge < -0.3 is 14.2 Å². The normalized spacial score (nSPS) is 16.9. The van der Waals surface area contributed by atoms with E-state index in [0.29, 0.717) is 18.8 Å². The molecule has 0 radical (unpaired) electrons. The third-order valence-electron chi connectivity index (χ3n) is 5.75. The minimum atomic E-state index is -3.75. The Labute approximate surface area is 182 Å². The number of nitrogens with zero attached hydrogens (tertiary/aromatic N) is 3. The average molecular weight is 449 g/mol. The van der Waals surface area contributed by atoms with E-state index < -0.39 is 10.0 Å². The lowest BCUT2D eigenvalue weighted by Crippen LogP contribution is -2.48. The molecule has 1 aromatic heterocycles. The van der Waals surface area contributed by atoms with Crippen molar-refractivity contribution < 1.29 is 22.5 Å². The van der Waals surface area contributed by atoms with Crippen molar-refractivity contribution in [3.63, 3.8) is 0 Å². The number of hydrogen-bond acceptors (Lipinski definition) is 7. The van der Waals surface area contributed by atoms with Crippen molar-refractivity contribution >= 4 is 15.9 Å². The van der Waals surface area contributed by atoms with Gasteiger partial charge in [-0.3, -0.25) is 9.69 Å². The minimum absolute atomic E-state index is 0.0443. The van der Waals surface area contributed by atoms with Crippen molar-refractivity contribution in [3.8, 4) is 5.75 Å². The number of fused-ring (bicyclic) bond motifs is 1. The topological polar surface area (TPSA) is 105 Å². The fourth-order valence-corrected chi connectivity index (χ4v) is 5.49. The fourth-order valence-electron chi connectivity index (χ4n) is 4.13. The molecule has 0 unspecified atom stereocenters. The van der Waals surface area contributed by atoms with Crippen molar-refractivity contribution in [2.45, 2.75) is 38.1 Å². The van der Waals surface area contributed by atoms with Gasteiger partial charge in [0.05, 0.1) is 6.61 Å². The molecular weight excluding hydrogens is 420 g/mol. The summed E-state index contributed by atoms with van der Waals surface area (Å²) in [6, 6.07) is 6.36. The minimum Gasteiger partial charge on any atom is -0.493 e. The molecule has 2 aliphatic rings. The van der Waals surface area contributed by atoms with Gasteiger partial charge in [0.1, 0.15) is 16.3 Å². The van der Waals surface area contributed by atoms with Crippen LogP contribution in [0, 0.1) is 13.8 Å². The second-order valence-electron chi connectivity index (χ2n) is 8.00. The number of aryl methyl sites for hydroxylation is 2. The van der Waals surface area contributed by atoms with Gasteiger partial charge in [0, 0.05) is 52.1 Å². The Balaban J connectivity index is 1.22. The maximum atomic E-state index is 12.5. The summed E-state index contributed by atoms with van der Waals surface area (Å²) in [4.78, 5) is 16.7. The van der Waals surface area contributed by atoms with Crippen LogP contribution in [0.1, 0.15) is 29.0 Å². The Kier molecular flexibility index (Phi) is 6.31. The number of carbonyl (C=O) groups excluding carboxylic acids is 1. The number of amides is 1. The summed E-state index contributed by atoms with van der Waals surface area (Å²) < 4.78 is 37.8. The van der Waals surface area contributed by atoms with Gasteiger partial charge in [0.25, 0.3) is 0 Å². The van der Waals surface area contributed by atoms with Crippen LogP contribution in [-0.4, -0.2) is 68.6 Å². The third kappa shape index (κ3) is 4.91. The lowest BCUT2D eigenvalue weighted by molar-refractivity contribution is -0.132. The predicted molar refractivity (Wildman–Crippen MR) is 113 cm³/mol. The highest BCUT2D eigenvalue weighted by Crippen LogP contribution is 2.26. The number of sulfonamides is 1. The molecule has 9 nitrogen and oxygen atoms in total. The van der Waals surface area contributed by atoms with Crippen molar-refractivity contribution in [3.05, 3.63) is 40.8 Å². The zero-order valence-corrected chi connectivity index (χ0v) is 18.7. The molecule has 2 aliphatic heterocycles. The number of hydrogen-bond donors (Lipinski definition) is 1. The second kappa shape index (κ2) is 8.97. The molecule has 0 bridgehead atoms. The fraction of sp³-hybridized carbons (Fsp3) is 0.524. The van der Waals surface area contributed by atoms with Crippen molar-refractivity contribution in [2.24, 2.45) is 0 Å². The smallest absolute Gasteiger partial charge is 0.245 e. The Hall–Kier alpha value is -2.43. The van der Waals surface area contributed by atoms with Crippen molar-refractivity contribution in [2.75, 3.05) is 39.3 Å². The highest BCUT2D eigenvalue weighted by atomic mass is 32.2. The Bertz CT molecular complexity index is 1040. The number of piperazine rings is 1. The molecule has 10 heteroatoms. The van der Waals surface area contributed by atoms with Crippen LogP contribution >= 0.6 is 0 Å². The first kappa shape index (κ1) is 21.8. The molecule has 0 spiro atoms. The summed E-state index contributed by atoms with van der Waals surface area (Å²) in [5.74, 6) is 1.18. The van der Waals surface area contributed by atoms with Crippen LogP contribution in [0.25, 0.3) is 0 Å². The zero-order chi connectivity index (χ0) is 22.0. The first-order valence-corrected chi connectivity index (χ1v) is 12.0. The van der Waals surface area contributed by atoms with Gasteiger partial charge in [-0.2, -0.15) is 0 Å².